The van der Waals surface area contributed by atoms with Crippen molar-refractivity contribution in [2.24, 2.45) is 0 Å². The Morgan fingerprint density at radius 1 is 0.905 bits per heavy atom. The number of para-hydroxylation sites is 3. The van der Waals surface area contributed by atoms with Gasteiger partial charge in [0.15, 0.2) is 17.2 Å². The van der Waals surface area contributed by atoms with Crippen molar-refractivity contribution < 1.29 is 13.6 Å². The third-order valence-electron chi connectivity index (χ3n) is 3.19. The summed E-state index contributed by atoms with van der Waals surface area (Å²) >= 11 is 0. The van der Waals surface area contributed by atoms with E-state index in [2.05, 4.69) is 4.98 Å². The Morgan fingerprint density at radius 3 is 2.43 bits per heavy atom. The molecule has 2 aromatic carbocycles. The molecule has 21 heavy (non-hydrogen) atoms. The second kappa shape index (κ2) is 4.90. The fraction of sp³-hybridized carbons (Fsp3) is 0.0625. The number of aryl methyl sites for hydroxylation is 1. The Bertz CT molecular complexity index is 796. The van der Waals surface area contributed by atoms with Crippen LogP contribution in [0.1, 0.15) is 5.69 Å². The highest BCUT2D eigenvalue weighted by atomic mass is 31.2. The maximum Gasteiger partial charge on any atom is 0.530 e. The molecular weight excluding hydrogens is 285 g/mol. The van der Waals surface area contributed by atoms with Crippen molar-refractivity contribution in [3.8, 4) is 17.2 Å². The van der Waals surface area contributed by atoms with Crippen LogP contribution in [0.15, 0.2) is 54.6 Å². The minimum atomic E-state index is -1.47. The third kappa shape index (κ3) is 2.28. The largest absolute Gasteiger partial charge is 0.530 e. The van der Waals surface area contributed by atoms with E-state index in [-0.39, 0.29) is 0 Å². The van der Waals surface area contributed by atoms with Crippen molar-refractivity contribution in [1.29, 1.82) is 0 Å². The molecule has 0 bridgehead atoms. The van der Waals surface area contributed by atoms with E-state index in [4.69, 9.17) is 13.6 Å². The molecule has 0 spiro atoms. The standard InChI is InChI=1S/C16H12NO3P/c1-11-9-10-12-5-4-8-15(16(12)17-11)20-21-18-13-6-2-3-7-14(13)19-21/h2-10H,1H3. The highest BCUT2D eigenvalue weighted by molar-refractivity contribution is 7.43. The molecule has 4 rings (SSSR count). The molecule has 0 N–H and O–H groups in total. The molecule has 1 aliphatic heterocycles. The number of fused-ring (bicyclic) bond motifs is 2. The number of benzene rings is 2. The molecule has 2 heterocycles. The van der Waals surface area contributed by atoms with Gasteiger partial charge in [0.05, 0.1) is 0 Å². The van der Waals surface area contributed by atoms with Gasteiger partial charge in [0.25, 0.3) is 0 Å². The summed E-state index contributed by atoms with van der Waals surface area (Å²) in [4.78, 5) is 4.54. The van der Waals surface area contributed by atoms with Crippen LogP contribution in [0.4, 0.5) is 0 Å². The topological polar surface area (TPSA) is 40.6 Å². The molecule has 4 nitrogen and oxygen atoms in total. The molecule has 5 heteroatoms. The first-order valence-corrected chi connectivity index (χ1v) is 7.68. The van der Waals surface area contributed by atoms with E-state index < -0.39 is 8.60 Å². The molecule has 0 radical (unpaired) electrons. The van der Waals surface area contributed by atoms with Gasteiger partial charge in [0, 0.05) is 11.1 Å². The molecule has 0 saturated carbocycles. The zero-order valence-electron chi connectivity index (χ0n) is 11.3. The average molecular weight is 297 g/mol. The maximum absolute atomic E-state index is 5.88. The quantitative estimate of drug-likeness (QED) is 0.647. The summed E-state index contributed by atoms with van der Waals surface area (Å²) in [5.74, 6) is 2.11. The summed E-state index contributed by atoms with van der Waals surface area (Å²) in [6.45, 7) is 1.96. The predicted octanol–water partition coefficient (Wildman–Crippen LogP) is 4.62. The minimum absolute atomic E-state index is 0.676. The lowest BCUT2D eigenvalue weighted by Crippen LogP contribution is -1.96. The molecule has 3 aromatic rings. The summed E-state index contributed by atoms with van der Waals surface area (Å²) in [5.41, 5.74) is 1.77. The van der Waals surface area contributed by atoms with Gasteiger partial charge in [-0.15, -0.1) is 0 Å². The van der Waals surface area contributed by atoms with Crippen molar-refractivity contribution in [2.75, 3.05) is 0 Å². The Kier molecular flexibility index (Phi) is 2.90. The van der Waals surface area contributed by atoms with Crippen LogP contribution in [-0.2, 0) is 0 Å². The van der Waals surface area contributed by atoms with E-state index in [1.54, 1.807) is 0 Å². The van der Waals surface area contributed by atoms with E-state index in [1.807, 2.05) is 61.5 Å². The normalized spacial score (nSPS) is 13.6. The molecule has 1 aromatic heterocycles. The number of hydrogen-bond acceptors (Lipinski definition) is 4. The molecule has 0 fully saturated rings. The van der Waals surface area contributed by atoms with Crippen LogP contribution in [-0.4, -0.2) is 4.98 Å². The van der Waals surface area contributed by atoms with Gasteiger partial charge < -0.3 is 13.6 Å². The number of hydrogen-bond donors (Lipinski definition) is 0. The fourth-order valence-corrected chi connectivity index (χ4v) is 3.23. The first kappa shape index (κ1) is 12.4. The van der Waals surface area contributed by atoms with E-state index in [9.17, 15) is 0 Å². The first-order chi connectivity index (χ1) is 10.3. The zero-order valence-corrected chi connectivity index (χ0v) is 12.2. The Morgan fingerprint density at radius 2 is 1.67 bits per heavy atom. The summed E-state index contributed by atoms with van der Waals surface area (Å²) in [6.07, 6.45) is 0. The van der Waals surface area contributed by atoms with Crippen molar-refractivity contribution in [1.82, 2.24) is 4.98 Å². The van der Waals surface area contributed by atoms with Crippen LogP contribution in [0, 0.1) is 6.92 Å². The van der Waals surface area contributed by atoms with Gasteiger partial charge in [-0.05, 0) is 31.2 Å². The minimum Gasteiger partial charge on any atom is -0.406 e. The Labute approximate surface area is 123 Å². The summed E-state index contributed by atoms with van der Waals surface area (Å²) in [6, 6.07) is 17.4. The van der Waals surface area contributed by atoms with E-state index >= 15 is 0 Å². The summed E-state index contributed by atoms with van der Waals surface area (Å²) < 4.78 is 17.2. The lowest BCUT2D eigenvalue weighted by Gasteiger charge is -2.11. The fourth-order valence-electron chi connectivity index (χ4n) is 2.19. The zero-order chi connectivity index (χ0) is 14.2. The predicted molar refractivity (Wildman–Crippen MR) is 81.7 cm³/mol. The number of rotatable bonds is 2. The van der Waals surface area contributed by atoms with Crippen molar-refractivity contribution in [3.05, 3.63) is 60.3 Å². The second-order valence-corrected chi connectivity index (χ2v) is 5.72. The van der Waals surface area contributed by atoms with Gasteiger partial charge in [-0.25, -0.2) is 4.98 Å². The first-order valence-electron chi connectivity index (χ1n) is 6.59. The van der Waals surface area contributed by atoms with Gasteiger partial charge in [0.1, 0.15) is 5.52 Å². The maximum atomic E-state index is 5.88. The van der Waals surface area contributed by atoms with Crippen LogP contribution in [0.5, 0.6) is 17.2 Å². The second-order valence-electron chi connectivity index (χ2n) is 4.72. The molecule has 0 saturated heterocycles. The monoisotopic (exact) mass is 297 g/mol. The van der Waals surface area contributed by atoms with Crippen LogP contribution < -0.4 is 13.6 Å². The Balaban J connectivity index is 1.66. The summed E-state index contributed by atoms with van der Waals surface area (Å²) in [7, 11) is -1.47. The Hall–Kier alpha value is -2.32. The lowest BCUT2D eigenvalue weighted by atomic mass is 10.2. The number of pyridine rings is 1. The molecule has 0 unspecified atom stereocenters. The van der Waals surface area contributed by atoms with Gasteiger partial charge >= 0.3 is 8.60 Å². The highest BCUT2D eigenvalue weighted by Crippen LogP contribution is 2.52. The molecule has 104 valence electrons. The summed E-state index contributed by atoms with van der Waals surface area (Å²) in [5, 5.41) is 1.03. The van der Waals surface area contributed by atoms with Crippen molar-refractivity contribution in [3.63, 3.8) is 0 Å². The van der Waals surface area contributed by atoms with Crippen LogP contribution in [0.2, 0.25) is 0 Å². The SMILES string of the molecule is Cc1ccc2cccc(OP3Oc4ccccc4O3)c2n1. The molecule has 0 amide bonds. The van der Waals surface area contributed by atoms with Crippen molar-refractivity contribution >= 4 is 19.5 Å². The molecule has 0 atom stereocenters. The smallest absolute Gasteiger partial charge is 0.406 e. The van der Waals surface area contributed by atoms with Gasteiger partial charge in [-0.1, -0.05) is 30.3 Å². The van der Waals surface area contributed by atoms with Gasteiger partial charge in [-0.3, -0.25) is 0 Å². The molecular formula is C16H12NO3P. The van der Waals surface area contributed by atoms with Crippen LogP contribution in [0.25, 0.3) is 10.9 Å². The molecule has 0 aliphatic carbocycles. The number of nitrogens with zero attached hydrogens (tertiary/aromatic N) is 1. The third-order valence-corrected chi connectivity index (χ3v) is 4.23. The molecule has 1 aliphatic rings. The van der Waals surface area contributed by atoms with Crippen LogP contribution in [0.3, 0.4) is 0 Å². The van der Waals surface area contributed by atoms with Crippen molar-refractivity contribution in [2.45, 2.75) is 6.92 Å². The van der Waals surface area contributed by atoms with Crippen LogP contribution >= 0.6 is 8.60 Å². The number of aromatic nitrogens is 1. The van der Waals surface area contributed by atoms with E-state index in [0.29, 0.717) is 17.2 Å². The lowest BCUT2D eigenvalue weighted by molar-refractivity contribution is 0.437. The van der Waals surface area contributed by atoms with E-state index in [0.717, 1.165) is 16.6 Å². The highest BCUT2D eigenvalue weighted by Gasteiger charge is 2.29. The van der Waals surface area contributed by atoms with E-state index in [1.165, 1.54) is 0 Å². The average Bonchev–Trinajstić information content (AvgIpc) is 2.90. The van der Waals surface area contributed by atoms with Gasteiger partial charge in [0.2, 0.25) is 0 Å². The van der Waals surface area contributed by atoms with Gasteiger partial charge in [-0.2, -0.15) is 0 Å².